The number of esters is 1. The van der Waals surface area contributed by atoms with Crippen molar-refractivity contribution in [1.82, 2.24) is 4.98 Å². The number of carbonyl (C=O) groups is 1. The molecule has 0 radical (unpaired) electrons. The quantitative estimate of drug-likeness (QED) is 0.763. The van der Waals surface area contributed by atoms with Gasteiger partial charge in [-0.3, -0.25) is 4.79 Å². The van der Waals surface area contributed by atoms with Gasteiger partial charge in [-0.15, -0.1) is 11.3 Å². The minimum atomic E-state index is -0.241. The molecule has 0 aliphatic carbocycles. The fraction of sp³-hybridized carbons (Fsp3) is 0.375. The number of aromatic nitrogens is 1. The van der Waals surface area contributed by atoms with Gasteiger partial charge in [0.1, 0.15) is 10.8 Å². The number of carbonyl (C=O) groups excluding carboxylic acids is 1. The second-order valence-electron chi connectivity index (χ2n) is 4.82. The first-order valence-electron chi connectivity index (χ1n) is 6.95. The maximum atomic E-state index is 11.4. The Morgan fingerprint density at radius 1 is 1.29 bits per heavy atom. The minimum Gasteiger partial charge on any atom is -0.491 e. The molecule has 0 aliphatic rings. The van der Waals surface area contributed by atoms with Crippen LogP contribution >= 0.6 is 11.3 Å². The molecule has 0 saturated heterocycles. The summed E-state index contributed by atoms with van der Waals surface area (Å²) in [5.74, 6) is 0.604. The molecule has 0 N–H and O–H groups in total. The summed E-state index contributed by atoms with van der Waals surface area (Å²) in [4.78, 5) is 15.9. The van der Waals surface area contributed by atoms with Crippen LogP contribution in [0.1, 0.15) is 26.5 Å². The second-order valence-corrected chi connectivity index (χ2v) is 5.67. The molecule has 2 rings (SSSR count). The van der Waals surface area contributed by atoms with E-state index in [1.165, 1.54) is 11.3 Å². The number of benzene rings is 1. The molecule has 21 heavy (non-hydrogen) atoms. The van der Waals surface area contributed by atoms with Crippen LogP contribution < -0.4 is 4.74 Å². The van der Waals surface area contributed by atoms with Gasteiger partial charge in [0.15, 0.2) is 0 Å². The lowest BCUT2D eigenvalue weighted by atomic mass is 10.2. The van der Waals surface area contributed by atoms with E-state index in [1.807, 2.05) is 43.5 Å². The summed E-state index contributed by atoms with van der Waals surface area (Å²) in [6.45, 7) is 6.19. The van der Waals surface area contributed by atoms with Gasteiger partial charge in [-0.25, -0.2) is 4.98 Å². The SMILES string of the molecule is CCOC(=O)Cc1csc(-c2ccc(OC(C)C)cc2)n1. The molecule has 0 fully saturated rings. The van der Waals surface area contributed by atoms with E-state index in [0.29, 0.717) is 6.61 Å². The van der Waals surface area contributed by atoms with E-state index in [4.69, 9.17) is 9.47 Å². The van der Waals surface area contributed by atoms with E-state index < -0.39 is 0 Å². The Kier molecular flexibility index (Phi) is 5.33. The van der Waals surface area contributed by atoms with E-state index >= 15 is 0 Å². The lowest BCUT2D eigenvalue weighted by Gasteiger charge is -2.09. The fourth-order valence-electron chi connectivity index (χ4n) is 1.83. The molecule has 0 saturated carbocycles. The zero-order valence-corrected chi connectivity index (χ0v) is 13.3. The highest BCUT2D eigenvalue weighted by Crippen LogP contribution is 2.26. The van der Waals surface area contributed by atoms with E-state index in [9.17, 15) is 4.79 Å². The molecule has 0 amide bonds. The molecule has 0 bridgehead atoms. The highest BCUT2D eigenvalue weighted by molar-refractivity contribution is 7.13. The summed E-state index contributed by atoms with van der Waals surface area (Å²) in [7, 11) is 0. The summed E-state index contributed by atoms with van der Waals surface area (Å²) in [5.41, 5.74) is 1.77. The third-order valence-corrected chi connectivity index (χ3v) is 3.60. The topological polar surface area (TPSA) is 48.4 Å². The summed E-state index contributed by atoms with van der Waals surface area (Å²) >= 11 is 1.52. The van der Waals surface area contributed by atoms with Gasteiger partial charge in [0.05, 0.1) is 24.8 Å². The number of rotatable bonds is 6. The molecule has 4 nitrogen and oxygen atoms in total. The summed E-state index contributed by atoms with van der Waals surface area (Å²) in [5, 5.41) is 2.79. The van der Waals surface area contributed by atoms with Gasteiger partial charge in [-0.1, -0.05) is 0 Å². The second kappa shape index (κ2) is 7.22. The number of ether oxygens (including phenoxy) is 2. The molecule has 0 unspecified atom stereocenters. The molecule has 112 valence electrons. The van der Waals surface area contributed by atoms with Gasteiger partial charge in [0.2, 0.25) is 0 Å². The normalized spacial score (nSPS) is 10.7. The predicted molar refractivity (Wildman–Crippen MR) is 83.7 cm³/mol. The molecule has 1 heterocycles. The minimum absolute atomic E-state index is 0.159. The van der Waals surface area contributed by atoms with Gasteiger partial charge in [-0.2, -0.15) is 0 Å². The highest BCUT2D eigenvalue weighted by atomic mass is 32.1. The average molecular weight is 305 g/mol. The molecule has 0 aliphatic heterocycles. The van der Waals surface area contributed by atoms with Crippen LogP contribution in [0.15, 0.2) is 29.6 Å². The Morgan fingerprint density at radius 2 is 2.00 bits per heavy atom. The Bertz CT molecular complexity index is 590. The molecular formula is C16H19NO3S. The van der Waals surface area contributed by atoms with Gasteiger partial charge in [-0.05, 0) is 45.0 Å². The third-order valence-electron chi connectivity index (χ3n) is 2.66. The molecule has 0 atom stereocenters. The molecule has 2 aromatic rings. The van der Waals surface area contributed by atoms with Crippen molar-refractivity contribution in [3.63, 3.8) is 0 Å². The number of nitrogens with zero attached hydrogens (tertiary/aromatic N) is 1. The average Bonchev–Trinajstić information content (AvgIpc) is 2.87. The zero-order chi connectivity index (χ0) is 15.2. The third kappa shape index (κ3) is 4.56. The van der Waals surface area contributed by atoms with Crippen LogP contribution in [0.5, 0.6) is 5.75 Å². The maximum Gasteiger partial charge on any atom is 0.311 e. The molecule has 0 spiro atoms. The molecule has 1 aromatic heterocycles. The summed E-state index contributed by atoms with van der Waals surface area (Å²) in [6.07, 6.45) is 0.380. The Morgan fingerprint density at radius 3 is 2.62 bits per heavy atom. The molecule has 5 heteroatoms. The van der Waals surface area contributed by atoms with Crippen LogP contribution in [-0.2, 0) is 16.0 Å². The number of thiazole rings is 1. The lowest BCUT2D eigenvalue weighted by Crippen LogP contribution is -2.07. The summed E-state index contributed by atoms with van der Waals surface area (Å²) in [6, 6.07) is 7.82. The largest absolute Gasteiger partial charge is 0.491 e. The van der Waals surface area contributed by atoms with Crippen LogP contribution in [0, 0.1) is 0 Å². The van der Waals surface area contributed by atoms with Crippen molar-refractivity contribution >= 4 is 17.3 Å². The van der Waals surface area contributed by atoms with Crippen molar-refractivity contribution in [3.05, 3.63) is 35.3 Å². The standard InChI is InChI=1S/C16H19NO3S/c1-4-19-15(18)9-13-10-21-16(17-13)12-5-7-14(8-6-12)20-11(2)3/h5-8,10-11H,4,9H2,1-3H3. The molecular weight excluding hydrogens is 286 g/mol. The van der Waals surface area contributed by atoms with Crippen molar-refractivity contribution < 1.29 is 14.3 Å². The van der Waals surface area contributed by atoms with Crippen LogP contribution in [0.3, 0.4) is 0 Å². The lowest BCUT2D eigenvalue weighted by molar-refractivity contribution is -0.142. The van der Waals surface area contributed by atoms with Gasteiger partial charge in [0.25, 0.3) is 0 Å². The van der Waals surface area contributed by atoms with Crippen LogP contribution in [-0.4, -0.2) is 23.7 Å². The Labute approximate surface area is 128 Å². The van der Waals surface area contributed by atoms with E-state index in [1.54, 1.807) is 6.92 Å². The van der Waals surface area contributed by atoms with Gasteiger partial charge in [0, 0.05) is 10.9 Å². The maximum absolute atomic E-state index is 11.4. The highest BCUT2D eigenvalue weighted by Gasteiger charge is 2.09. The zero-order valence-electron chi connectivity index (χ0n) is 12.5. The monoisotopic (exact) mass is 305 g/mol. The van der Waals surface area contributed by atoms with Crippen molar-refractivity contribution in [2.24, 2.45) is 0 Å². The number of hydrogen-bond acceptors (Lipinski definition) is 5. The first-order valence-corrected chi connectivity index (χ1v) is 7.83. The number of hydrogen-bond donors (Lipinski definition) is 0. The molecule has 1 aromatic carbocycles. The van der Waals surface area contributed by atoms with Crippen molar-refractivity contribution in [1.29, 1.82) is 0 Å². The summed E-state index contributed by atoms with van der Waals surface area (Å²) < 4.78 is 10.5. The predicted octanol–water partition coefficient (Wildman–Crippen LogP) is 3.70. The first kappa shape index (κ1) is 15.5. The van der Waals surface area contributed by atoms with Gasteiger partial charge < -0.3 is 9.47 Å². The van der Waals surface area contributed by atoms with E-state index in [2.05, 4.69) is 4.98 Å². The van der Waals surface area contributed by atoms with Crippen LogP contribution in [0.25, 0.3) is 10.6 Å². The van der Waals surface area contributed by atoms with Crippen molar-refractivity contribution in [2.45, 2.75) is 33.3 Å². The van der Waals surface area contributed by atoms with E-state index in [-0.39, 0.29) is 18.5 Å². The van der Waals surface area contributed by atoms with Gasteiger partial charge >= 0.3 is 5.97 Å². The van der Waals surface area contributed by atoms with Crippen molar-refractivity contribution in [3.8, 4) is 16.3 Å². The smallest absolute Gasteiger partial charge is 0.311 e. The Hall–Kier alpha value is -1.88. The first-order chi connectivity index (χ1) is 10.1. The van der Waals surface area contributed by atoms with Crippen LogP contribution in [0.2, 0.25) is 0 Å². The van der Waals surface area contributed by atoms with Crippen molar-refractivity contribution in [2.75, 3.05) is 6.61 Å². The van der Waals surface area contributed by atoms with E-state index in [0.717, 1.165) is 22.0 Å². The van der Waals surface area contributed by atoms with Crippen LogP contribution in [0.4, 0.5) is 0 Å². The fourth-order valence-corrected chi connectivity index (χ4v) is 2.65. The Balaban J connectivity index is 2.05.